The molecule has 38 heavy (non-hydrogen) atoms. The number of nitrogens with zero attached hydrogens (tertiary/aromatic N) is 8. The van der Waals surface area contributed by atoms with Crippen LogP contribution < -0.4 is 5.69 Å². The van der Waals surface area contributed by atoms with Crippen molar-refractivity contribution in [3.8, 4) is 28.3 Å². The highest BCUT2D eigenvalue weighted by molar-refractivity contribution is 5.92. The molecule has 0 bridgehead atoms. The van der Waals surface area contributed by atoms with Crippen LogP contribution in [0.15, 0.2) is 59.9 Å². The molecule has 0 saturated heterocycles. The number of rotatable bonds is 9. The average Bonchev–Trinajstić information content (AvgIpc) is 3.68. The molecule has 0 unspecified atom stereocenters. The lowest BCUT2D eigenvalue weighted by Crippen LogP contribution is -2.27. The summed E-state index contributed by atoms with van der Waals surface area (Å²) < 4.78 is 9.62. The smallest absolute Gasteiger partial charge is 0.343 e. The van der Waals surface area contributed by atoms with Crippen LogP contribution in [-0.2, 0) is 24.8 Å². The number of unbranched alkanes of at least 4 members (excludes halogenated alkanes) is 1. The summed E-state index contributed by atoms with van der Waals surface area (Å²) in [5, 5.41) is 18.2. The van der Waals surface area contributed by atoms with Gasteiger partial charge in [-0.15, -0.1) is 5.10 Å². The Balaban J connectivity index is 1.56. The fourth-order valence-corrected chi connectivity index (χ4v) is 4.47. The normalized spacial score (nSPS) is 11.1. The van der Waals surface area contributed by atoms with E-state index in [-0.39, 0.29) is 11.3 Å². The Morgan fingerprint density at radius 1 is 1.11 bits per heavy atom. The lowest BCUT2D eigenvalue weighted by molar-refractivity contribution is 0.0600. The van der Waals surface area contributed by atoms with Crippen molar-refractivity contribution in [3.63, 3.8) is 0 Å². The van der Waals surface area contributed by atoms with E-state index in [9.17, 15) is 9.59 Å². The first-order chi connectivity index (χ1) is 18.5. The van der Waals surface area contributed by atoms with Crippen molar-refractivity contribution in [2.45, 2.75) is 32.7 Å². The Labute approximate surface area is 217 Å². The van der Waals surface area contributed by atoms with Gasteiger partial charge in [-0.3, -0.25) is 18.8 Å². The molecule has 1 aromatic carbocycles. The molecule has 0 radical (unpaired) electrons. The van der Waals surface area contributed by atoms with Crippen molar-refractivity contribution < 1.29 is 9.53 Å². The van der Waals surface area contributed by atoms with Crippen molar-refractivity contribution in [1.82, 2.24) is 44.5 Å². The van der Waals surface area contributed by atoms with Crippen LogP contribution in [0.3, 0.4) is 0 Å². The Kier molecular flexibility index (Phi) is 6.94. The number of carbonyl (C=O) groups excluding carboxylic acids is 1. The predicted octanol–water partition coefficient (Wildman–Crippen LogP) is 2.79. The number of pyridine rings is 1. The third kappa shape index (κ3) is 4.63. The van der Waals surface area contributed by atoms with Gasteiger partial charge in [0.25, 0.3) is 0 Å². The van der Waals surface area contributed by atoms with Gasteiger partial charge in [0.15, 0.2) is 11.6 Å². The van der Waals surface area contributed by atoms with E-state index in [1.807, 2.05) is 30.3 Å². The first kappa shape index (κ1) is 24.8. The van der Waals surface area contributed by atoms with E-state index in [1.165, 1.54) is 22.6 Å². The first-order valence-corrected chi connectivity index (χ1v) is 12.2. The van der Waals surface area contributed by atoms with Gasteiger partial charge >= 0.3 is 11.7 Å². The van der Waals surface area contributed by atoms with Crippen LogP contribution in [0.1, 0.15) is 41.4 Å². The molecule has 1 N–H and O–H groups in total. The lowest BCUT2D eigenvalue weighted by atomic mass is 10.00. The summed E-state index contributed by atoms with van der Waals surface area (Å²) in [5.41, 5.74) is 4.49. The second kappa shape index (κ2) is 10.6. The zero-order valence-electron chi connectivity index (χ0n) is 21.3. The Morgan fingerprint density at radius 3 is 2.61 bits per heavy atom. The number of hydrogen-bond acceptors (Lipinski definition) is 8. The van der Waals surface area contributed by atoms with Gasteiger partial charge in [0, 0.05) is 36.9 Å². The molecule has 4 aromatic heterocycles. The number of aromatic amines is 1. The number of nitrogens with one attached hydrogen (secondary N) is 1. The first-order valence-electron chi connectivity index (χ1n) is 12.2. The number of tetrazole rings is 1. The second-order valence-electron chi connectivity index (χ2n) is 8.82. The molecule has 5 aromatic rings. The molecule has 194 valence electrons. The summed E-state index contributed by atoms with van der Waals surface area (Å²) in [6.07, 6.45) is 9.31. The molecule has 4 heterocycles. The summed E-state index contributed by atoms with van der Waals surface area (Å²) >= 11 is 0. The lowest BCUT2D eigenvalue weighted by Gasteiger charge is -2.12. The number of methoxy groups -OCH3 is 1. The van der Waals surface area contributed by atoms with Gasteiger partial charge in [-0.25, -0.2) is 14.7 Å². The quantitative estimate of drug-likeness (QED) is 0.297. The predicted molar refractivity (Wildman–Crippen MR) is 139 cm³/mol. The van der Waals surface area contributed by atoms with Gasteiger partial charge < -0.3 is 4.74 Å². The zero-order valence-corrected chi connectivity index (χ0v) is 21.3. The minimum atomic E-state index is -0.554. The molecule has 0 aliphatic carbocycles. The van der Waals surface area contributed by atoms with E-state index in [0.29, 0.717) is 24.6 Å². The van der Waals surface area contributed by atoms with Gasteiger partial charge in [0.2, 0.25) is 0 Å². The van der Waals surface area contributed by atoms with Crippen LogP contribution in [0.4, 0.5) is 0 Å². The number of hydrogen-bond donors (Lipinski definition) is 1. The summed E-state index contributed by atoms with van der Waals surface area (Å²) in [6.45, 7) is 2.42. The summed E-state index contributed by atoms with van der Waals surface area (Å²) in [7, 11) is 2.99. The fourth-order valence-electron chi connectivity index (χ4n) is 4.47. The van der Waals surface area contributed by atoms with E-state index in [4.69, 9.17) is 4.74 Å². The Hall–Kier alpha value is -4.87. The molecule has 12 nitrogen and oxygen atoms in total. The number of aryl methyl sites for hydroxylation is 2. The largest absolute Gasteiger partial charge is 0.465 e. The molecule has 0 fully saturated rings. The van der Waals surface area contributed by atoms with E-state index in [0.717, 1.165) is 40.8 Å². The number of esters is 1. The Bertz CT molecular complexity index is 1610. The number of H-pyrrole nitrogens is 1. The van der Waals surface area contributed by atoms with Gasteiger partial charge in [-0.2, -0.15) is 5.10 Å². The average molecular weight is 514 g/mol. The number of benzene rings is 1. The molecule has 0 aliphatic heterocycles. The molecule has 0 aliphatic rings. The van der Waals surface area contributed by atoms with Crippen molar-refractivity contribution in [1.29, 1.82) is 0 Å². The summed E-state index contributed by atoms with van der Waals surface area (Å²) in [6, 6.07) is 9.79. The van der Waals surface area contributed by atoms with Crippen molar-refractivity contribution in [2.75, 3.05) is 7.11 Å². The Morgan fingerprint density at radius 2 is 1.89 bits per heavy atom. The SMILES string of the molecule is CCCCc1cn(-c2c(C(=O)OC)cnn2C)c(=O)n1Cc1cnccc1-c1ccc(-c2nnn[nH]2)cc1. The molecule has 0 amide bonds. The standard InChI is InChI=1S/C26H27N9O3/c1-4-5-6-20-16-35(24-22(25(36)38-3)14-28-33(24)2)26(37)34(20)15-19-13-27-12-11-21(19)17-7-9-18(10-8-17)23-29-31-32-30-23/h7-14,16H,4-6,15H2,1-3H3,(H,29,30,31,32). The monoisotopic (exact) mass is 513 g/mol. The van der Waals surface area contributed by atoms with E-state index >= 15 is 0 Å². The molecule has 0 saturated carbocycles. The van der Waals surface area contributed by atoms with Crippen LogP contribution in [0.25, 0.3) is 28.3 Å². The van der Waals surface area contributed by atoms with E-state index in [1.54, 1.807) is 30.2 Å². The molecule has 0 spiro atoms. The number of imidazole rings is 1. The topological polar surface area (TPSA) is 138 Å². The van der Waals surface area contributed by atoms with Gasteiger partial charge in [0.05, 0.1) is 19.9 Å². The maximum absolute atomic E-state index is 13.8. The van der Waals surface area contributed by atoms with Crippen molar-refractivity contribution in [3.05, 3.63) is 82.4 Å². The molecular weight excluding hydrogens is 486 g/mol. The fraction of sp³-hybridized carbons (Fsp3) is 0.269. The molecule has 5 rings (SSSR count). The highest BCUT2D eigenvalue weighted by atomic mass is 16.5. The van der Waals surface area contributed by atoms with Gasteiger partial charge in [-0.1, -0.05) is 37.6 Å². The van der Waals surface area contributed by atoms with Crippen LogP contribution in [0.2, 0.25) is 0 Å². The van der Waals surface area contributed by atoms with Gasteiger partial charge in [-0.05, 0) is 46.0 Å². The molecule has 0 atom stereocenters. The number of carbonyl (C=O) groups is 1. The summed E-state index contributed by atoms with van der Waals surface area (Å²) in [5.74, 6) is 0.394. The molecule has 12 heteroatoms. The van der Waals surface area contributed by atoms with Crippen LogP contribution >= 0.6 is 0 Å². The number of aromatic nitrogens is 9. The minimum Gasteiger partial charge on any atom is -0.465 e. The third-order valence-electron chi connectivity index (χ3n) is 6.44. The molecular formula is C26H27N9O3. The minimum absolute atomic E-state index is 0.223. The van der Waals surface area contributed by atoms with Gasteiger partial charge in [0.1, 0.15) is 5.56 Å². The van der Waals surface area contributed by atoms with E-state index in [2.05, 4.69) is 37.6 Å². The van der Waals surface area contributed by atoms with Crippen LogP contribution in [-0.4, -0.2) is 57.6 Å². The highest BCUT2D eigenvalue weighted by Crippen LogP contribution is 2.26. The highest BCUT2D eigenvalue weighted by Gasteiger charge is 2.23. The maximum Gasteiger partial charge on any atom is 0.343 e. The van der Waals surface area contributed by atoms with Crippen molar-refractivity contribution in [2.24, 2.45) is 7.05 Å². The summed E-state index contributed by atoms with van der Waals surface area (Å²) in [4.78, 5) is 30.5. The van der Waals surface area contributed by atoms with Crippen LogP contribution in [0, 0.1) is 0 Å². The maximum atomic E-state index is 13.8. The second-order valence-corrected chi connectivity index (χ2v) is 8.82. The third-order valence-corrected chi connectivity index (χ3v) is 6.44. The number of ether oxygens (including phenoxy) is 1. The van der Waals surface area contributed by atoms with E-state index < -0.39 is 5.97 Å². The zero-order chi connectivity index (χ0) is 26.6. The van der Waals surface area contributed by atoms with Crippen molar-refractivity contribution >= 4 is 5.97 Å². The van der Waals surface area contributed by atoms with Crippen LogP contribution in [0.5, 0.6) is 0 Å².